The zero-order valence-corrected chi connectivity index (χ0v) is 35.5. The molecule has 0 fully saturated rings. The Morgan fingerprint density at radius 1 is 0.212 bits per heavy atom. The summed E-state index contributed by atoms with van der Waals surface area (Å²) in [6.45, 7) is 0. The maximum atomic E-state index is 6.30. The van der Waals surface area contributed by atoms with Crippen LogP contribution in [0.4, 0.5) is 34.1 Å². The first kappa shape index (κ1) is 37.5. The Bertz CT molecular complexity index is 3140. The molecule has 0 aromatic heterocycles. The van der Waals surface area contributed by atoms with Crippen LogP contribution in [-0.4, -0.2) is 0 Å². The van der Waals surface area contributed by atoms with E-state index in [2.05, 4.69) is 143 Å². The molecule has 0 unspecified atom stereocenters. The molecule has 3 aliphatic heterocycles. The van der Waals surface area contributed by atoms with E-state index in [1.807, 2.05) is 91.0 Å². The first-order chi connectivity index (χ1) is 32.6. The lowest BCUT2D eigenvalue weighted by atomic mass is 9.91. The van der Waals surface area contributed by atoms with Crippen LogP contribution in [0.5, 0.6) is 34.5 Å². The molecule has 6 nitrogen and oxygen atoms in total. The van der Waals surface area contributed by atoms with Crippen molar-refractivity contribution in [1.29, 1.82) is 0 Å². The van der Waals surface area contributed by atoms with Crippen LogP contribution < -0.4 is 30.2 Å². The predicted molar refractivity (Wildman–Crippen MR) is 268 cm³/mol. The van der Waals surface area contributed by atoms with Gasteiger partial charge in [-0.15, -0.1) is 0 Å². The molecular formula is C60H39N3O3. The van der Waals surface area contributed by atoms with Crippen LogP contribution in [0.2, 0.25) is 0 Å². The summed E-state index contributed by atoms with van der Waals surface area (Å²) in [7, 11) is 0. The van der Waals surface area contributed by atoms with Gasteiger partial charge in [-0.25, -0.2) is 0 Å². The fraction of sp³-hybridized carbons (Fsp3) is 0. The van der Waals surface area contributed by atoms with Crippen LogP contribution in [0.1, 0.15) is 0 Å². The van der Waals surface area contributed by atoms with Crippen molar-refractivity contribution in [2.75, 3.05) is 16.0 Å². The summed E-state index contributed by atoms with van der Waals surface area (Å²) in [4.78, 5) is 0. The van der Waals surface area contributed by atoms with Gasteiger partial charge in [0.15, 0.2) is 34.5 Å². The number of fused-ring (bicyclic) bond motifs is 6. The fourth-order valence-corrected chi connectivity index (χ4v) is 9.35. The molecule has 10 aromatic carbocycles. The van der Waals surface area contributed by atoms with Crippen LogP contribution >= 0.6 is 0 Å². The zero-order valence-electron chi connectivity index (χ0n) is 35.5. The van der Waals surface area contributed by atoms with Crippen LogP contribution in [-0.2, 0) is 0 Å². The molecule has 0 saturated heterocycles. The van der Waals surface area contributed by atoms with Crippen molar-refractivity contribution in [3.05, 3.63) is 218 Å². The molecule has 0 aliphatic carbocycles. The predicted octanol–water partition coefficient (Wildman–Crippen LogP) is 17.2. The normalized spacial score (nSPS) is 12.4. The van der Waals surface area contributed by atoms with E-state index in [0.29, 0.717) is 0 Å². The van der Waals surface area contributed by atoms with Crippen LogP contribution in [0.15, 0.2) is 218 Å². The second kappa shape index (κ2) is 15.4. The molecule has 3 aliphatic rings. The Morgan fingerprint density at radius 3 is 0.773 bits per heavy atom. The Labute approximate surface area is 382 Å². The van der Waals surface area contributed by atoms with E-state index in [9.17, 15) is 0 Å². The molecule has 3 heterocycles. The van der Waals surface area contributed by atoms with E-state index in [4.69, 9.17) is 14.2 Å². The molecule has 0 atom stereocenters. The second-order valence-electron chi connectivity index (χ2n) is 16.7. The van der Waals surface area contributed by atoms with E-state index >= 15 is 0 Å². The number of anilines is 6. The number of para-hydroxylation sites is 9. The van der Waals surface area contributed by atoms with E-state index in [1.54, 1.807) is 0 Å². The van der Waals surface area contributed by atoms with E-state index < -0.39 is 0 Å². The highest BCUT2D eigenvalue weighted by molar-refractivity contribution is 5.93. The summed E-state index contributed by atoms with van der Waals surface area (Å²) < 4.78 is 18.9. The second-order valence-corrected chi connectivity index (χ2v) is 16.7. The smallest absolute Gasteiger partial charge is 0.151 e. The molecule has 0 spiro atoms. The minimum absolute atomic E-state index is 0.814. The Balaban J connectivity index is 0.862. The molecule has 0 bridgehead atoms. The minimum Gasteiger partial charge on any atom is -0.453 e. The third kappa shape index (κ3) is 6.59. The fourth-order valence-electron chi connectivity index (χ4n) is 9.35. The van der Waals surface area contributed by atoms with Gasteiger partial charge in [-0.3, -0.25) is 0 Å². The number of hydrogen-bond donors (Lipinski definition) is 3. The molecule has 0 radical (unpaired) electrons. The largest absolute Gasteiger partial charge is 0.453 e. The van der Waals surface area contributed by atoms with Gasteiger partial charge >= 0.3 is 0 Å². The molecular weight excluding hydrogens is 811 g/mol. The van der Waals surface area contributed by atoms with Crippen molar-refractivity contribution >= 4 is 34.1 Å². The summed E-state index contributed by atoms with van der Waals surface area (Å²) in [5, 5.41) is 10.9. The summed E-state index contributed by atoms with van der Waals surface area (Å²) in [5.74, 6) is 4.92. The lowest BCUT2D eigenvalue weighted by Gasteiger charge is -2.24. The van der Waals surface area contributed by atoms with Crippen molar-refractivity contribution in [2.45, 2.75) is 0 Å². The average Bonchev–Trinajstić information content (AvgIpc) is 3.38. The van der Waals surface area contributed by atoms with Gasteiger partial charge in [0.2, 0.25) is 0 Å². The topological polar surface area (TPSA) is 63.8 Å². The van der Waals surface area contributed by atoms with Gasteiger partial charge in [-0.2, -0.15) is 0 Å². The lowest BCUT2D eigenvalue weighted by Crippen LogP contribution is -2.04. The molecule has 6 heteroatoms. The number of hydrogen-bond acceptors (Lipinski definition) is 6. The molecule has 3 N–H and O–H groups in total. The molecule has 0 amide bonds. The molecule has 66 heavy (non-hydrogen) atoms. The number of ether oxygens (including phenoxy) is 3. The molecule has 13 rings (SSSR count). The van der Waals surface area contributed by atoms with Gasteiger partial charge < -0.3 is 30.2 Å². The molecule has 0 saturated carbocycles. The maximum absolute atomic E-state index is 6.30. The van der Waals surface area contributed by atoms with E-state index in [0.717, 1.165) is 135 Å². The quantitative estimate of drug-likeness (QED) is 0.155. The summed E-state index contributed by atoms with van der Waals surface area (Å²) >= 11 is 0. The van der Waals surface area contributed by atoms with Crippen molar-refractivity contribution in [1.82, 2.24) is 0 Å². The maximum Gasteiger partial charge on any atom is 0.151 e. The van der Waals surface area contributed by atoms with Gasteiger partial charge in [0.05, 0.1) is 34.1 Å². The third-order valence-corrected chi connectivity index (χ3v) is 12.7. The average molecular weight is 850 g/mol. The Kier molecular flexibility index (Phi) is 8.74. The summed E-state index contributed by atoms with van der Waals surface area (Å²) in [6.07, 6.45) is 0. The van der Waals surface area contributed by atoms with Gasteiger partial charge in [-0.05, 0) is 123 Å². The van der Waals surface area contributed by atoms with Crippen LogP contribution in [0.3, 0.4) is 0 Å². The van der Waals surface area contributed by atoms with Crippen molar-refractivity contribution in [3.63, 3.8) is 0 Å². The minimum atomic E-state index is 0.814. The zero-order chi connectivity index (χ0) is 43.6. The van der Waals surface area contributed by atoms with Crippen molar-refractivity contribution in [2.24, 2.45) is 0 Å². The number of rotatable bonds is 6. The Hall–Kier alpha value is -9.00. The van der Waals surface area contributed by atoms with Crippen LogP contribution in [0.25, 0.3) is 66.8 Å². The number of nitrogens with one attached hydrogen (secondary N) is 3. The van der Waals surface area contributed by atoms with Gasteiger partial charge in [0.1, 0.15) is 0 Å². The highest BCUT2D eigenvalue weighted by Crippen LogP contribution is 2.50. The Morgan fingerprint density at radius 2 is 0.470 bits per heavy atom. The monoisotopic (exact) mass is 849 g/mol. The van der Waals surface area contributed by atoms with Gasteiger partial charge in [0.25, 0.3) is 0 Å². The molecule has 10 aromatic rings. The SMILES string of the molecule is c1ccc2c(c1)Nc1c(cccc1-c1ccc(-c3cc(-c4ccc(-c5cccc6c5Nc5ccccc5O6)cc4)cc(-c4ccc(-c5cccc6c5Nc5ccccc5O6)cc4)c3)cc1)O2. The number of benzene rings is 10. The first-order valence-corrected chi connectivity index (χ1v) is 22.1. The first-order valence-electron chi connectivity index (χ1n) is 22.1. The summed E-state index contributed by atoms with van der Waals surface area (Å²) in [5.41, 5.74) is 19.1. The highest BCUT2D eigenvalue weighted by Gasteiger charge is 2.23. The standard InChI is InChI=1S/C60H39N3O3/c1-4-16-52-49(13-1)61-58-46(10-7-19-55(58)64-52)40-28-22-37(23-29-40)43-34-44(38-24-30-41(31-25-38)47-11-8-20-56-59(47)62-50-14-2-5-17-53(50)65-56)36-45(35-43)39-26-32-42(33-27-39)48-12-9-21-57-60(48)63-51-15-3-6-18-54(51)66-57/h1-36,61-63H. The molecule has 312 valence electrons. The summed E-state index contributed by atoms with van der Waals surface area (Å²) in [6, 6.07) is 76.2. The lowest BCUT2D eigenvalue weighted by molar-refractivity contribution is 0.481. The van der Waals surface area contributed by atoms with E-state index in [-0.39, 0.29) is 0 Å². The van der Waals surface area contributed by atoms with Gasteiger partial charge in [0, 0.05) is 16.7 Å². The van der Waals surface area contributed by atoms with Crippen molar-refractivity contribution in [3.8, 4) is 101 Å². The van der Waals surface area contributed by atoms with Crippen molar-refractivity contribution < 1.29 is 14.2 Å². The van der Waals surface area contributed by atoms with Crippen LogP contribution in [0, 0.1) is 0 Å². The third-order valence-electron chi connectivity index (χ3n) is 12.7. The highest BCUT2D eigenvalue weighted by atomic mass is 16.5. The van der Waals surface area contributed by atoms with E-state index in [1.165, 1.54) is 0 Å². The van der Waals surface area contributed by atoms with Gasteiger partial charge in [-0.1, -0.05) is 146 Å².